The highest BCUT2D eigenvalue weighted by Crippen LogP contribution is 2.33. The molecule has 0 aliphatic rings. The zero-order valence-electron chi connectivity index (χ0n) is 11.7. The van der Waals surface area contributed by atoms with Gasteiger partial charge in [-0.05, 0) is 30.3 Å². The minimum Gasteiger partial charge on any atom is -0.456 e. The van der Waals surface area contributed by atoms with Crippen molar-refractivity contribution in [2.45, 2.75) is 0 Å². The van der Waals surface area contributed by atoms with Crippen LogP contribution in [0.25, 0.3) is 33.6 Å². The maximum Gasteiger partial charge on any atom is 0.163 e. The molecule has 0 amide bonds. The first-order chi connectivity index (χ1) is 11.2. The van der Waals surface area contributed by atoms with Crippen molar-refractivity contribution in [3.05, 3.63) is 59.2 Å². The average molecular weight is 321 g/mol. The molecule has 0 spiro atoms. The lowest BCUT2D eigenvalue weighted by molar-refractivity contribution is 0.631. The number of aromatic amines is 1. The summed E-state index contributed by atoms with van der Waals surface area (Å²) in [5, 5.41) is 20.9. The molecule has 0 aliphatic heterocycles. The molecule has 2 heterocycles. The third-order valence-corrected chi connectivity index (χ3v) is 3.76. The van der Waals surface area contributed by atoms with Gasteiger partial charge in [-0.1, -0.05) is 35.0 Å². The minimum absolute atomic E-state index is 0.294. The number of nitriles is 1. The number of H-pyrrole nitrogens is 1. The van der Waals surface area contributed by atoms with Crippen LogP contribution in [0.2, 0.25) is 5.02 Å². The largest absolute Gasteiger partial charge is 0.456 e. The number of fused-ring (bicyclic) bond motifs is 1. The summed E-state index contributed by atoms with van der Waals surface area (Å²) in [6, 6.07) is 17.2. The molecule has 6 heteroatoms. The Bertz CT molecular complexity index is 1020. The van der Waals surface area contributed by atoms with Crippen molar-refractivity contribution in [2.24, 2.45) is 0 Å². The van der Waals surface area contributed by atoms with Crippen LogP contribution >= 0.6 is 11.6 Å². The van der Waals surface area contributed by atoms with Gasteiger partial charge in [0.25, 0.3) is 0 Å². The van der Waals surface area contributed by atoms with Crippen molar-refractivity contribution in [1.29, 1.82) is 5.26 Å². The molecule has 2 aromatic carbocycles. The van der Waals surface area contributed by atoms with Crippen molar-refractivity contribution in [1.82, 2.24) is 15.4 Å². The van der Waals surface area contributed by atoms with Crippen molar-refractivity contribution in [3.63, 3.8) is 0 Å². The predicted molar refractivity (Wildman–Crippen MR) is 86.8 cm³/mol. The number of aromatic nitrogens is 3. The highest BCUT2D eigenvalue weighted by Gasteiger charge is 2.13. The highest BCUT2D eigenvalue weighted by atomic mass is 35.5. The molecule has 0 bridgehead atoms. The predicted octanol–water partition coefficient (Wildman–Crippen LogP) is 4.41. The molecule has 0 saturated heterocycles. The van der Waals surface area contributed by atoms with E-state index in [4.69, 9.17) is 21.3 Å². The van der Waals surface area contributed by atoms with Gasteiger partial charge in [0, 0.05) is 21.5 Å². The fraction of sp³-hybridized carbons (Fsp3) is 0. The van der Waals surface area contributed by atoms with Gasteiger partial charge in [0.1, 0.15) is 23.1 Å². The quantitative estimate of drug-likeness (QED) is 0.593. The molecule has 0 unspecified atom stereocenters. The molecule has 1 N–H and O–H groups in total. The zero-order chi connectivity index (χ0) is 15.8. The first-order valence-corrected chi connectivity index (χ1v) is 7.23. The number of benzene rings is 2. The maximum atomic E-state index is 9.11. The van der Waals surface area contributed by atoms with Gasteiger partial charge in [-0.15, -0.1) is 5.10 Å². The summed E-state index contributed by atoms with van der Waals surface area (Å²) in [4.78, 5) is 0. The third-order valence-electron chi connectivity index (χ3n) is 3.54. The van der Waals surface area contributed by atoms with E-state index in [-0.39, 0.29) is 0 Å². The SMILES string of the molecule is N#Cc1[nH]nnc1-c1cc(Cl)cc(-c2cc3ccccc3o2)c1. The van der Waals surface area contributed by atoms with Gasteiger partial charge in [-0.25, -0.2) is 5.10 Å². The molecule has 0 radical (unpaired) electrons. The molecular weight excluding hydrogens is 312 g/mol. The molecule has 2 aromatic heterocycles. The standard InChI is InChI=1S/C17H9ClN4O/c18-13-6-11(16-8-10-3-1-2-4-15(10)23-16)5-12(7-13)17-14(9-19)20-22-21-17/h1-8H,(H,20,21,22). The number of nitrogens with zero attached hydrogens (tertiary/aromatic N) is 3. The number of hydrogen-bond donors (Lipinski definition) is 1. The van der Waals surface area contributed by atoms with E-state index in [1.165, 1.54) is 0 Å². The molecule has 4 aromatic rings. The smallest absolute Gasteiger partial charge is 0.163 e. The lowest BCUT2D eigenvalue weighted by Gasteiger charge is -2.03. The Morgan fingerprint density at radius 1 is 1.09 bits per heavy atom. The van der Waals surface area contributed by atoms with Gasteiger partial charge in [0.05, 0.1) is 0 Å². The van der Waals surface area contributed by atoms with E-state index < -0.39 is 0 Å². The number of halogens is 1. The molecule has 0 fully saturated rings. The van der Waals surface area contributed by atoms with Gasteiger partial charge in [-0.3, -0.25) is 0 Å². The summed E-state index contributed by atoms with van der Waals surface area (Å²) in [6.07, 6.45) is 0. The Kier molecular flexibility index (Phi) is 3.11. The number of hydrogen-bond acceptors (Lipinski definition) is 4. The van der Waals surface area contributed by atoms with Crippen LogP contribution in [0.1, 0.15) is 5.69 Å². The van der Waals surface area contributed by atoms with Crippen molar-refractivity contribution >= 4 is 22.6 Å². The summed E-state index contributed by atoms with van der Waals surface area (Å²) in [5.41, 5.74) is 3.09. The number of para-hydroxylation sites is 1. The number of furan rings is 1. The second kappa shape index (κ2) is 5.27. The molecular formula is C17H9ClN4O. The molecule has 23 heavy (non-hydrogen) atoms. The first kappa shape index (κ1) is 13.6. The van der Waals surface area contributed by atoms with E-state index in [2.05, 4.69) is 15.4 Å². The molecule has 0 atom stereocenters. The highest BCUT2D eigenvalue weighted by molar-refractivity contribution is 6.31. The molecule has 0 aliphatic carbocycles. The fourth-order valence-electron chi connectivity index (χ4n) is 2.50. The van der Waals surface area contributed by atoms with Crippen LogP contribution in [0.5, 0.6) is 0 Å². The van der Waals surface area contributed by atoms with E-state index in [0.29, 0.717) is 27.7 Å². The van der Waals surface area contributed by atoms with Crippen LogP contribution in [-0.2, 0) is 0 Å². The number of nitrogens with one attached hydrogen (secondary N) is 1. The summed E-state index contributed by atoms with van der Waals surface area (Å²) in [6.45, 7) is 0. The van der Waals surface area contributed by atoms with Crippen molar-refractivity contribution in [2.75, 3.05) is 0 Å². The summed E-state index contributed by atoms with van der Waals surface area (Å²) >= 11 is 6.23. The second-order valence-corrected chi connectivity index (χ2v) is 5.46. The third kappa shape index (κ3) is 2.35. The van der Waals surface area contributed by atoms with E-state index in [9.17, 15) is 0 Å². The van der Waals surface area contributed by atoms with Gasteiger partial charge < -0.3 is 4.42 Å². The lowest BCUT2D eigenvalue weighted by atomic mass is 10.1. The van der Waals surface area contributed by atoms with Crippen LogP contribution in [0.4, 0.5) is 0 Å². The monoisotopic (exact) mass is 320 g/mol. The Hall–Kier alpha value is -3.10. The van der Waals surface area contributed by atoms with Gasteiger partial charge in [0.2, 0.25) is 0 Å². The minimum atomic E-state index is 0.294. The van der Waals surface area contributed by atoms with E-state index in [1.54, 1.807) is 6.07 Å². The topological polar surface area (TPSA) is 78.5 Å². The van der Waals surface area contributed by atoms with Crippen LogP contribution in [-0.4, -0.2) is 15.4 Å². The van der Waals surface area contributed by atoms with Gasteiger partial charge in [-0.2, -0.15) is 5.26 Å². The van der Waals surface area contributed by atoms with Crippen LogP contribution in [0.15, 0.2) is 52.9 Å². The van der Waals surface area contributed by atoms with Gasteiger partial charge >= 0.3 is 0 Å². The Morgan fingerprint density at radius 3 is 2.74 bits per heavy atom. The molecule has 4 rings (SSSR count). The number of rotatable bonds is 2. The van der Waals surface area contributed by atoms with Crippen LogP contribution in [0, 0.1) is 11.3 Å². The van der Waals surface area contributed by atoms with E-state index >= 15 is 0 Å². The Morgan fingerprint density at radius 2 is 1.91 bits per heavy atom. The zero-order valence-corrected chi connectivity index (χ0v) is 12.5. The van der Waals surface area contributed by atoms with Crippen molar-refractivity contribution in [3.8, 4) is 28.7 Å². The van der Waals surface area contributed by atoms with Crippen molar-refractivity contribution < 1.29 is 4.42 Å². The van der Waals surface area contributed by atoms with E-state index in [0.717, 1.165) is 16.5 Å². The summed E-state index contributed by atoms with van der Waals surface area (Å²) in [7, 11) is 0. The Labute approximate surface area is 136 Å². The first-order valence-electron chi connectivity index (χ1n) is 6.85. The normalized spacial score (nSPS) is 10.8. The molecule has 0 saturated carbocycles. The fourth-order valence-corrected chi connectivity index (χ4v) is 2.74. The summed E-state index contributed by atoms with van der Waals surface area (Å²) < 4.78 is 5.87. The average Bonchev–Trinajstić information content (AvgIpc) is 3.20. The van der Waals surface area contributed by atoms with E-state index in [1.807, 2.05) is 48.5 Å². The van der Waals surface area contributed by atoms with Gasteiger partial charge in [0.15, 0.2) is 5.69 Å². The second-order valence-electron chi connectivity index (χ2n) is 5.02. The molecule has 5 nitrogen and oxygen atoms in total. The molecule has 110 valence electrons. The van der Waals surface area contributed by atoms with Crippen LogP contribution < -0.4 is 0 Å². The lowest BCUT2D eigenvalue weighted by Crippen LogP contribution is -1.85. The summed E-state index contributed by atoms with van der Waals surface area (Å²) in [5.74, 6) is 0.706. The maximum absolute atomic E-state index is 9.11. The Balaban J connectivity index is 1.88. The van der Waals surface area contributed by atoms with Crippen LogP contribution in [0.3, 0.4) is 0 Å².